The highest BCUT2D eigenvalue weighted by Gasteiger charge is 2.17. The van der Waals surface area contributed by atoms with Crippen LogP contribution in [0, 0.1) is 11.3 Å². The smallest absolute Gasteiger partial charge is 0.316 e. The quantitative estimate of drug-likeness (QED) is 0.439. The molecule has 0 atom stereocenters. The van der Waals surface area contributed by atoms with Gasteiger partial charge in [0.15, 0.2) is 0 Å². The van der Waals surface area contributed by atoms with Crippen LogP contribution in [0.1, 0.15) is 5.56 Å². The van der Waals surface area contributed by atoms with E-state index >= 15 is 0 Å². The molecule has 0 fully saturated rings. The van der Waals surface area contributed by atoms with Crippen LogP contribution < -0.4 is 0 Å². The topological polar surface area (TPSA) is 63.0 Å². The number of nitriles is 1. The molecule has 0 saturated heterocycles. The SMILES string of the molecule is COC(=O)CSc1nc(-c2ccccc2Cl)cc(-c2ccccc2)c1C#N. The molecular formula is C21H15ClN2O2S. The first-order valence-corrected chi connectivity index (χ1v) is 9.45. The molecule has 0 amide bonds. The Kier molecular flexibility index (Phi) is 6.12. The number of aromatic nitrogens is 1. The molecular weight excluding hydrogens is 380 g/mol. The highest BCUT2D eigenvalue weighted by atomic mass is 35.5. The van der Waals surface area contributed by atoms with Gasteiger partial charge in [0.2, 0.25) is 0 Å². The molecule has 4 nitrogen and oxygen atoms in total. The van der Waals surface area contributed by atoms with Crippen molar-refractivity contribution in [3.8, 4) is 28.5 Å². The van der Waals surface area contributed by atoms with E-state index in [1.165, 1.54) is 18.9 Å². The van der Waals surface area contributed by atoms with Crippen molar-refractivity contribution in [2.24, 2.45) is 0 Å². The van der Waals surface area contributed by atoms with E-state index in [0.29, 0.717) is 21.3 Å². The fraction of sp³-hybridized carbons (Fsp3) is 0.0952. The zero-order valence-electron chi connectivity index (χ0n) is 14.5. The van der Waals surface area contributed by atoms with Crippen molar-refractivity contribution in [3.05, 3.63) is 71.2 Å². The molecule has 3 rings (SSSR count). The third-order valence-corrected chi connectivity index (χ3v) is 5.17. The molecule has 134 valence electrons. The Hall–Kier alpha value is -2.81. The van der Waals surface area contributed by atoms with Crippen LogP contribution in [0.4, 0.5) is 0 Å². The van der Waals surface area contributed by atoms with Crippen molar-refractivity contribution in [1.82, 2.24) is 4.98 Å². The molecule has 2 aromatic carbocycles. The van der Waals surface area contributed by atoms with Crippen molar-refractivity contribution in [3.63, 3.8) is 0 Å². The van der Waals surface area contributed by atoms with E-state index in [0.717, 1.165) is 16.7 Å². The number of esters is 1. The summed E-state index contributed by atoms with van der Waals surface area (Å²) in [5, 5.41) is 10.8. The summed E-state index contributed by atoms with van der Waals surface area (Å²) in [7, 11) is 1.33. The van der Waals surface area contributed by atoms with Gasteiger partial charge in [0.05, 0.1) is 24.1 Å². The standard InChI is InChI=1S/C21H15ClN2O2S/c1-26-20(25)13-27-21-17(12-23)16(14-7-3-2-4-8-14)11-19(24-21)15-9-5-6-10-18(15)22/h2-11H,13H2,1H3. The van der Waals surface area contributed by atoms with Gasteiger partial charge in [-0.15, -0.1) is 0 Å². The first-order chi connectivity index (χ1) is 13.1. The predicted molar refractivity (Wildman–Crippen MR) is 108 cm³/mol. The fourth-order valence-corrected chi connectivity index (χ4v) is 3.64. The van der Waals surface area contributed by atoms with Crippen LogP contribution >= 0.6 is 23.4 Å². The van der Waals surface area contributed by atoms with E-state index in [2.05, 4.69) is 11.1 Å². The summed E-state index contributed by atoms with van der Waals surface area (Å²) in [5.74, 6) is -0.312. The van der Waals surface area contributed by atoms with Crippen LogP contribution in [-0.4, -0.2) is 23.8 Å². The lowest BCUT2D eigenvalue weighted by atomic mass is 9.99. The summed E-state index contributed by atoms with van der Waals surface area (Å²) >= 11 is 7.52. The number of rotatable bonds is 5. The molecule has 0 bridgehead atoms. The maximum Gasteiger partial charge on any atom is 0.316 e. The minimum absolute atomic E-state index is 0.0678. The van der Waals surface area contributed by atoms with Crippen molar-refractivity contribution in [2.75, 3.05) is 12.9 Å². The van der Waals surface area contributed by atoms with Gasteiger partial charge in [-0.25, -0.2) is 4.98 Å². The maximum atomic E-state index is 11.6. The van der Waals surface area contributed by atoms with Gasteiger partial charge in [-0.3, -0.25) is 4.79 Å². The second kappa shape index (κ2) is 8.72. The van der Waals surface area contributed by atoms with Crippen LogP contribution in [0.25, 0.3) is 22.4 Å². The van der Waals surface area contributed by atoms with E-state index in [4.69, 9.17) is 16.3 Å². The summed E-state index contributed by atoms with van der Waals surface area (Å²) in [5.41, 5.74) is 3.47. The number of carbonyl (C=O) groups excluding carboxylic acids is 1. The molecule has 3 aromatic rings. The number of hydrogen-bond acceptors (Lipinski definition) is 5. The number of pyridine rings is 1. The van der Waals surface area contributed by atoms with Gasteiger partial charge < -0.3 is 4.74 Å². The zero-order valence-corrected chi connectivity index (χ0v) is 16.1. The lowest BCUT2D eigenvalue weighted by molar-refractivity contribution is -0.137. The number of thioether (sulfide) groups is 1. The second-order valence-corrected chi connectivity index (χ2v) is 6.93. The van der Waals surface area contributed by atoms with Crippen molar-refractivity contribution in [2.45, 2.75) is 5.03 Å². The molecule has 0 radical (unpaired) electrons. The minimum Gasteiger partial charge on any atom is -0.468 e. The molecule has 1 aromatic heterocycles. The lowest BCUT2D eigenvalue weighted by Gasteiger charge is -2.13. The summed E-state index contributed by atoms with van der Waals surface area (Å²) in [6.07, 6.45) is 0. The Balaban J connectivity index is 2.19. The summed E-state index contributed by atoms with van der Waals surface area (Å²) < 4.78 is 4.70. The molecule has 1 heterocycles. The molecule has 0 N–H and O–H groups in total. The van der Waals surface area contributed by atoms with E-state index in [1.807, 2.05) is 54.6 Å². The maximum absolute atomic E-state index is 11.6. The van der Waals surface area contributed by atoms with E-state index in [1.54, 1.807) is 6.07 Å². The molecule has 27 heavy (non-hydrogen) atoms. The van der Waals surface area contributed by atoms with Gasteiger partial charge in [0, 0.05) is 16.1 Å². The normalized spacial score (nSPS) is 10.3. The van der Waals surface area contributed by atoms with Crippen LogP contribution in [-0.2, 0) is 9.53 Å². The highest BCUT2D eigenvalue weighted by Crippen LogP contribution is 2.36. The average molecular weight is 395 g/mol. The van der Waals surface area contributed by atoms with Crippen LogP contribution in [0.3, 0.4) is 0 Å². The number of ether oxygens (including phenoxy) is 1. The average Bonchev–Trinajstić information content (AvgIpc) is 2.72. The number of methoxy groups -OCH3 is 1. The van der Waals surface area contributed by atoms with Crippen molar-refractivity contribution < 1.29 is 9.53 Å². The molecule has 0 saturated carbocycles. The van der Waals surface area contributed by atoms with Crippen molar-refractivity contribution >= 4 is 29.3 Å². The molecule has 0 spiro atoms. The summed E-state index contributed by atoms with van der Waals surface area (Å²) in [4.78, 5) is 16.2. The minimum atomic E-state index is -0.380. The Morgan fingerprint density at radius 3 is 2.52 bits per heavy atom. The number of carbonyl (C=O) groups is 1. The van der Waals surface area contributed by atoms with Gasteiger partial charge in [-0.1, -0.05) is 71.9 Å². The summed E-state index contributed by atoms with van der Waals surface area (Å²) in [6.45, 7) is 0. The van der Waals surface area contributed by atoms with E-state index < -0.39 is 0 Å². The predicted octanol–water partition coefficient (Wildman–Crippen LogP) is 5.21. The molecule has 6 heteroatoms. The fourth-order valence-electron chi connectivity index (χ4n) is 2.57. The van der Waals surface area contributed by atoms with Gasteiger partial charge in [0.1, 0.15) is 11.1 Å². The number of halogens is 1. The van der Waals surface area contributed by atoms with Gasteiger partial charge >= 0.3 is 5.97 Å². The number of hydrogen-bond donors (Lipinski definition) is 0. The van der Waals surface area contributed by atoms with Crippen LogP contribution in [0.15, 0.2) is 65.7 Å². The Morgan fingerprint density at radius 1 is 1.15 bits per heavy atom. The molecule has 0 unspecified atom stereocenters. The number of benzene rings is 2. The molecule has 0 aliphatic carbocycles. The van der Waals surface area contributed by atoms with Crippen molar-refractivity contribution in [1.29, 1.82) is 5.26 Å². The molecule has 0 aliphatic rings. The third-order valence-electron chi connectivity index (χ3n) is 3.89. The molecule has 0 aliphatic heterocycles. The zero-order chi connectivity index (χ0) is 19.2. The Labute approximate surface area is 166 Å². The largest absolute Gasteiger partial charge is 0.468 e. The summed E-state index contributed by atoms with van der Waals surface area (Å²) in [6, 6.07) is 21.1. The Bertz CT molecular complexity index is 1020. The second-order valence-electron chi connectivity index (χ2n) is 5.56. The van der Waals surface area contributed by atoms with E-state index in [-0.39, 0.29) is 11.7 Å². The lowest BCUT2D eigenvalue weighted by Crippen LogP contribution is -2.04. The van der Waals surface area contributed by atoms with Gasteiger partial charge in [0.25, 0.3) is 0 Å². The van der Waals surface area contributed by atoms with Crippen LogP contribution in [0.2, 0.25) is 5.02 Å². The van der Waals surface area contributed by atoms with Gasteiger partial charge in [-0.05, 0) is 17.7 Å². The monoisotopic (exact) mass is 394 g/mol. The Morgan fingerprint density at radius 2 is 1.85 bits per heavy atom. The van der Waals surface area contributed by atoms with Gasteiger partial charge in [-0.2, -0.15) is 5.26 Å². The first kappa shape index (κ1) is 19.0. The first-order valence-electron chi connectivity index (χ1n) is 8.09. The van der Waals surface area contributed by atoms with Crippen LogP contribution in [0.5, 0.6) is 0 Å². The third kappa shape index (κ3) is 4.30. The van der Waals surface area contributed by atoms with E-state index in [9.17, 15) is 10.1 Å². The number of nitrogens with zero attached hydrogens (tertiary/aromatic N) is 2. The highest BCUT2D eigenvalue weighted by molar-refractivity contribution is 7.99.